The molecule has 0 aliphatic heterocycles. The summed E-state index contributed by atoms with van der Waals surface area (Å²) in [4.78, 5) is 2.52. The van der Waals surface area contributed by atoms with E-state index in [9.17, 15) is 0 Å². The summed E-state index contributed by atoms with van der Waals surface area (Å²) in [7, 11) is 2.26. The van der Waals surface area contributed by atoms with E-state index in [1.54, 1.807) is 0 Å². The highest BCUT2D eigenvalue weighted by Gasteiger charge is 2.25. The zero-order valence-corrected chi connectivity index (χ0v) is 11.4. The van der Waals surface area contributed by atoms with Gasteiger partial charge in [0.05, 0.1) is 0 Å². The van der Waals surface area contributed by atoms with E-state index in [2.05, 4.69) is 25.8 Å². The normalized spacial score (nSPS) is 28.3. The number of hydrogen-bond donors (Lipinski definition) is 1. The van der Waals surface area contributed by atoms with Crippen molar-refractivity contribution in [1.29, 1.82) is 0 Å². The van der Waals surface area contributed by atoms with Crippen molar-refractivity contribution >= 4 is 0 Å². The van der Waals surface area contributed by atoms with Crippen molar-refractivity contribution in [3.63, 3.8) is 0 Å². The van der Waals surface area contributed by atoms with Gasteiger partial charge in [0, 0.05) is 18.6 Å². The molecule has 0 radical (unpaired) electrons. The van der Waals surface area contributed by atoms with Crippen molar-refractivity contribution < 1.29 is 0 Å². The van der Waals surface area contributed by atoms with Crippen molar-refractivity contribution in [3.05, 3.63) is 0 Å². The Morgan fingerprint density at radius 3 is 2.62 bits per heavy atom. The van der Waals surface area contributed by atoms with Crippen LogP contribution in [0.25, 0.3) is 0 Å². The van der Waals surface area contributed by atoms with Crippen LogP contribution in [0.15, 0.2) is 0 Å². The van der Waals surface area contributed by atoms with Gasteiger partial charge in [0.15, 0.2) is 0 Å². The fourth-order valence-corrected chi connectivity index (χ4v) is 3.01. The molecule has 0 aromatic heterocycles. The fourth-order valence-electron chi connectivity index (χ4n) is 3.01. The van der Waals surface area contributed by atoms with E-state index >= 15 is 0 Å². The molecular formula is C14H30N2. The van der Waals surface area contributed by atoms with Gasteiger partial charge in [-0.05, 0) is 32.2 Å². The van der Waals surface area contributed by atoms with Crippen LogP contribution >= 0.6 is 0 Å². The molecule has 3 atom stereocenters. The van der Waals surface area contributed by atoms with Crippen LogP contribution in [0.3, 0.4) is 0 Å². The van der Waals surface area contributed by atoms with Crippen LogP contribution in [0, 0.1) is 5.92 Å². The molecule has 1 aliphatic carbocycles. The average Bonchev–Trinajstić information content (AvgIpc) is 2.26. The molecule has 0 saturated heterocycles. The van der Waals surface area contributed by atoms with E-state index in [1.807, 2.05) is 0 Å². The predicted octanol–water partition coefficient (Wildman–Crippen LogP) is 3.01. The molecule has 0 aromatic rings. The van der Waals surface area contributed by atoms with Gasteiger partial charge in [0.2, 0.25) is 0 Å². The van der Waals surface area contributed by atoms with Gasteiger partial charge in [0.25, 0.3) is 0 Å². The Hall–Kier alpha value is -0.0800. The summed E-state index contributed by atoms with van der Waals surface area (Å²) in [5, 5.41) is 0. The molecule has 0 spiro atoms. The molecule has 2 heteroatoms. The smallest absolute Gasteiger partial charge is 0.0167 e. The maximum absolute atomic E-state index is 6.17. The summed E-state index contributed by atoms with van der Waals surface area (Å²) < 4.78 is 0. The van der Waals surface area contributed by atoms with E-state index in [0.717, 1.165) is 18.5 Å². The first kappa shape index (κ1) is 14.0. The monoisotopic (exact) mass is 226 g/mol. The molecule has 1 saturated carbocycles. The summed E-state index contributed by atoms with van der Waals surface area (Å²) in [5.41, 5.74) is 6.17. The van der Waals surface area contributed by atoms with E-state index in [1.165, 1.54) is 44.9 Å². The number of nitrogens with zero attached hydrogens (tertiary/aromatic N) is 1. The third-order valence-corrected chi connectivity index (χ3v) is 4.08. The zero-order valence-electron chi connectivity index (χ0n) is 11.4. The van der Waals surface area contributed by atoms with Gasteiger partial charge in [-0.3, -0.25) is 0 Å². The van der Waals surface area contributed by atoms with Crippen molar-refractivity contribution in [3.8, 4) is 0 Å². The summed E-state index contributed by atoms with van der Waals surface area (Å²) in [6, 6.07) is 1.15. The average molecular weight is 226 g/mol. The SMILES string of the molecule is CCCCC(N)CN(C)C1CCCCC1C. The second-order valence-electron chi connectivity index (χ2n) is 5.67. The minimum absolute atomic E-state index is 0.374. The van der Waals surface area contributed by atoms with Gasteiger partial charge < -0.3 is 10.6 Å². The summed E-state index contributed by atoms with van der Waals surface area (Å²) >= 11 is 0. The van der Waals surface area contributed by atoms with Gasteiger partial charge in [-0.15, -0.1) is 0 Å². The first-order chi connectivity index (χ1) is 7.65. The van der Waals surface area contributed by atoms with Crippen LogP contribution in [0.2, 0.25) is 0 Å². The summed E-state index contributed by atoms with van der Waals surface area (Å²) in [6.45, 7) is 5.71. The second kappa shape index (κ2) is 7.29. The van der Waals surface area contributed by atoms with Crippen LogP contribution in [-0.4, -0.2) is 30.6 Å². The first-order valence-electron chi connectivity index (χ1n) is 7.11. The summed E-state index contributed by atoms with van der Waals surface area (Å²) in [5.74, 6) is 0.858. The Kier molecular flexibility index (Phi) is 6.37. The van der Waals surface area contributed by atoms with Gasteiger partial charge >= 0.3 is 0 Å². The Labute approximate surface area is 102 Å². The molecule has 1 fully saturated rings. The Morgan fingerprint density at radius 1 is 1.31 bits per heavy atom. The molecule has 0 bridgehead atoms. The largest absolute Gasteiger partial charge is 0.327 e. The fraction of sp³-hybridized carbons (Fsp3) is 1.00. The lowest BCUT2D eigenvalue weighted by Crippen LogP contribution is -2.44. The number of likely N-dealkylation sites (N-methyl/N-ethyl adjacent to an activating group) is 1. The number of rotatable bonds is 6. The molecule has 16 heavy (non-hydrogen) atoms. The lowest BCUT2D eigenvalue weighted by Gasteiger charge is -2.37. The topological polar surface area (TPSA) is 29.3 Å². The Morgan fingerprint density at radius 2 is 2.00 bits per heavy atom. The van der Waals surface area contributed by atoms with E-state index in [4.69, 9.17) is 5.73 Å². The minimum atomic E-state index is 0.374. The number of nitrogens with two attached hydrogens (primary N) is 1. The van der Waals surface area contributed by atoms with E-state index < -0.39 is 0 Å². The van der Waals surface area contributed by atoms with Crippen LogP contribution in [0.4, 0.5) is 0 Å². The lowest BCUT2D eigenvalue weighted by atomic mass is 9.85. The Bertz CT molecular complexity index is 182. The molecule has 3 unspecified atom stereocenters. The third-order valence-electron chi connectivity index (χ3n) is 4.08. The predicted molar refractivity (Wildman–Crippen MR) is 71.6 cm³/mol. The van der Waals surface area contributed by atoms with E-state index in [-0.39, 0.29) is 0 Å². The maximum atomic E-state index is 6.17. The van der Waals surface area contributed by atoms with Gasteiger partial charge in [-0.25, -0.2) is 0 Å². The molecular weight excluding hydrogens is 196 g/mol. The lowest BCUT2D eigenvalue weighted by molar-refractivity contribution is 0.131. The first-order valence-corrected chi connectivity index (χ1v) is 7.11. The van der Waals surface area contributed by atoms with Crippen molar-refractivity contribution in [2.45, 2.75) is 70.9 Å². The molecule has 2 nitrogen and oxygen atoms in total. The molecule has 0 aromatic carbocycles. The highest BCUT2D eigenvalue weighted by Crippen LogP contribution is 2.27. The van der Waals surface area contributed by atoms with Crippen LogP contribution in [0.5, 0.6) is 0 Å². The quantitative estimate of drug-likeness (QED) is 0.754. The van der Waals surface area contributed by atoms with E-state index in [0.29, 0.717) is 6.04 Å². The number of hydrogen-bond acceptors (Lipinski definition) is 2. The Balaban J connectivity index is 2.29. The molecule has 2 N–H and O–H groups in total. The van der Waals surface area contributed by atoms with Crippen LogP contribution < -0.4 is 5.73 Å². The second-order valence-corrected chi connectivity index (χ2v) is 5.67. The van der Waals surface area contributed by atoms with Crippen LogP contribution in [-0.2, 0) is 0 Å². The molecule has 1 rings (SSSR count). The molecule has 96 valence electrons. The number of unbranched alkanes of at least 4 members (excludes halogenated alkanes) is 1. The molecule has 1 aliphatic rings. The molecule has 0 amide bonds. The summed E-state index contributed by atoms with van der Waals surface area (Å²) in [6.07, 6.45) is 9.32. The van der Waals surface area contributed by atoms with Crippen molar-refractivity contribution in [2.24, 2.45) is 11.7 Å². The standard InChI is InChI=1S/C14H30N2/c1-4-5-9-13(15)11-16(3)14-10-7-6-8-12(14)2/h12-14H,4-11,15H2,1-3H3. The van der Waals surface area contributed by atoms with Gasteiger partial charge in [0.1, 0.15) is 0 Å². The van der Waals surface area contributed by atoms with Crippen LogP contribution in [0.1, 0.15) is 58.8 Å². The third kappa shape index (κ3) is 4.42. The van der Waals surface area contributed by atoms with Gasteiger partial charge in [-0.2, -0.15) is 0 Å². The van der Waals surface area contributed by atoms with Crippen molar-refractivity contribution in [1.82, 2.24) is 4.90 Å². The highest BCUT2D eigenvalue weighted by molar-refractivity contribution is 4.81. The van der Waals surface area contributed by atoms with Crippen molar-refractivity contribution in [2.75, 3.05) is 13.6 Å². The molecule has 0 heterocycles. The zero-order chi connectivity index (χ0) is 12.0. The highest BCUT2D eigenvalue weighted by atomic mass is 15.1. The minimum Gasteiger partial charge on any atom is -0.327 e. The maximum Gasteiger partial charge on any atom is 0.0167 e. The van der Waals surface area contributed by atoms with Gasteiger partial charge in [-0.1, -0.05) is 39.5 Å².